The number of Topliss-reactive ketones (excluding diaryl/α,β-unsaturated/α-hetero) is 1. The number of nitriles is 1. The Bertz CT molecular complexity index is 1470. The average molecular weight is 420 g/mol. The number of fused-ring (bicyclic) bond motifs is 4. The number of phenolic OH excluding ortho intramolecular Hbond substituents is 1. The summed E-state index contributed by atoms with van der Waals surface area (Å²) in [5.74, 6) is -9.03. The maximum absolute atomic E-state index is 14.6. The third-order valence-electron chi connectivity index (χ3n) is 5.34. The van der Waals surface area contributed by atoms with Gasteiger partial charge in [0.2, 0.25) is 0 Å². The lowest BCUT2D eigenvalue weighted by Gasteiger charge is -2.09. The molecule has 31 heavy (non-hydrogen) atoms. The second-order valence-electron chi connectivity index (χ2n) is 6.87. The molecule has 0 unspecified atom stereocenters. The number of rotatable bonds is 0. The van der Waals surface area contributed by atoms with Crippen LogP contribution >= 0.6 is 0 Å². The Morgan fingerprint density at radius 1 is 0.871 bits per heavy atom. The van der Waals surface area contributed by atoms with Crippen molar-refractivity contribution >= 4 is 16.9 Å². The second-order valence-corrected chi connectivity index (χ2v) is 6.87. The van der Waals surface area contributed by atoms with Crippen LogP contribution in [0.15, 0.2) is 48.2 Å². The number of aromatic nitrogens is 1. The van der Waals surface area contributed by atoms with Gasteiger partial charge in [-0.2, -0.15) is 5.26 Å². The molecule has 1 heterocycles. The van der Waals surface area contributed by atoms with Gasteiger partial charge in [0.15, 0.2) is 29.1 Å². The molecule has 0 radical (unpaired) electrons. The van der Waals surface area contributed by atoms with Crippen LogP contribution < -0.4 is 0 Å². The topological polar surface area (TPSA) is 74.0 Å². The minimum atomic E-state index is -2.11. The molecule has 2 aliphatic carbocycles. The number of halogens is 4. The number of benzene rings is 2. The average Bonchev–Trinajstić information content (AvgIpc) is 3.23. The molecule has 1 aromatic heterocycles. The van der Waals surface area contributed by atoms with Crippen LogP contribution in [0.1, 0.15) is 27.0 Å². The first-order valence-electron chi connectivity index (χ1n) is 8.92. The molecule has 2 aromatic carbocycles. The highest BCUT2D eigenvalue weighted by Crippen LogP contribution is 2.53. The fourth-order valence-corrected chi connectivity index (χ4v) is 4.15. The van der Waals surface area contributed by atoms with Crippen molar-refractivity contribution < 1.29 is 27.5 Å². The zero-order chi connectivity index (χ0) is 22.0. The summed E-state index contributed by atoms with van der Waals surface area (Å²) in [6, 6.07) is 9.26. The Morgan fingerprint density at radius 2 is 1.55 bits per heavy atom. The van der Waals surface area contributed by atoms with Crippen molar-refractivity contribution in [3.05, 3.63) is 93.7 Å². The Labute approximate surface area is 172 Å². The molecule has 1 N–H and O–H groups in total. The molecule has 0 amide bonds. The normalized spacial score (nSPS) is 17.5. The van der Waals surface area contributed by atoms with Crippen molar-refractivity contribution in [1.82, 2.24) is 4.98 Å². The number of carbonyl (C=O) groups is 1. The summed E-state index contributed by atoms with van der Waals surface area (Å²) in [6.45, 7) is 0. The van der Waals surface area contributed by atoms with Gasteiger partial charge in [-0.05, 0) is 17.7 Å². The third-order valence-corrected chi connectivity index (χ3v) is 5.34. The highest BCUT2D eigenvalue weighted by Gasteiger charge is 2.43. The molecule has 3 aromatic rings. The maximum Gasteiger partial charge on any atom is 0.198 e. The van der Waals surface area contributed by atoms with Crippen molar-refractivity contribution in [2.75, 3.05) is 0 Å². The number of carbonyl (C=O) groups excluding carboxylic acids is 1. The summed E-state index contributed by atoms with van der Waals surface area (Å²) in [5.41, 5.74) is -1.04. The Hall–Kier alpha value is -4.25. The number of hydrogen-bond donors (Lipinski definition) is 1. The number of ketones is 1. The van der Waals surface area contributed by atoms with Gasteiger partial charge in [-0.15, -0.1) is 0 Å². The zero-order valence-electron chi connectivity index (χ0n) is 15.3. The first kappa shape index (κ1) is 18.8. The fourth-order valence-electron chi connectivity index (χ4n) is 4.15. The monoisotopic (exact) mass is 420 g/mol. The highest BCUT2D eigenvalue weighted by atomic mass is 19.2. The van der Waals surface area contributed by atoms with Gasteiger partial charge in [-0.1, -0.05) is 18.2 Å². The van der Waals surface area contributed by atoms with Gasteiger partial charge in [0.1, 0.15) is 5.75 Å². The minimum absolute atomic E-state index is 0.142. The summed E-state index contributed by atoms with van der Waals surface area (Å²) < 4.78 is 57.0. The Kier molecular flexibility index (Phi) is 3.86. The lowest BCUT2D eigenvalue weighted by atomic mass is 9.93. The van der Waals surface area contributed by atoms with Gasteiger partial charge in [-0.25, -0.2) is 17.6 Å². The molecule has 0 aliphatic heterocycles. The van der Waals surface area contributed by atoms with Crippen LogP contribution in [0.2, 0.25) is 0 Å². The summed E-state index contributed by atoms with van der Waals surface area (Å²) in [5, 5.41) is 19.6. The van der Waals surface area contributed by atoms with Crippen LogP contribution in [0.5, 0.6) is 5.75 Å². The van der Waals surface area contributed by atoms with E-state index < -0.39 is 40.2 Å². The molecule has 0 fully saturated rings. The molecule has 2 aliphatic rings. The largest absolute Gasteiger partial charge is 0.507 e. The quantitative estimate of drug-likeness (QED) is 0.144. The van der Waals surface area contributed by atoms with E-state index in [9.17, 15) is 32.7 Å². The van der Waals surface area contributed by atoms with Crippen LogP contribution in [-0.4, -0.2) is 15.9 Å². The Morgan fingerprint density at radius 3 is 2.26 bits per heavy atom. The smallest absolute Gasteiger partial charge is 0.198 e. The van der Waals surface area contributed by atoms with Crippen LogP contribution in [0.3, 0.4) is 0 Å². The molecule has 0 saturated carbocycles. The predicted molar refractivity (Wildman–Crippen MR) is 102 cm³/mol. The number of aromatic hydroxyl groups is 1. The summed E-state index contributed by atoms with van der Waals surface area (Å²) >= 11 is 0. The Balaban J connectivity index is 1.97. The van der Waals surface area contributed by atoms with Crippen LogP contribution in [0, 0.1) is 34.6 Å². The van der Waals surface area contributed by atoms with Gasteiger partial charge in [0.05, 0.1) is 22.9 Å². The molecule has 0 atom stereocenters. The van der Waals surface area contributed by atoms with Crippen molar-refractivity contribution in [1.29, 1.82) is 5.26 Å². The predicted octanol–water partition coefficient (Wildman–Crippen LogP) is 4.93. The van der Waals surface area contributed by atoms with E-state index in [0.29, 0.717) is 22.4 Å². The molecule has 8 heteroatoms. The van der Waals surface area contributed by atoms with E-state index in [1.54, 1.807) is 24.3 Å². The van der Waals surface area contributed by atoms with E-state index in [4.69, 9.17) is 0 Å². The second kappa shape index (κ2) is 6.37. The van der Waals surface area contributed by atoms with Crippen molar-refractivity contribution in [2.24, 2.45) is 0 Å². The van der Waals surface area contributed by atoms with E-state index in [2.05, 4.69) is 4.98 Å². The molecular weight excluding hydrogens is 412 g/mol. The molecule has 0 saturated heterocycles. The van der Waals surface area contributed by atoms with E-state index in [1.807, 2.05) is 0 Å². The fraction of sp³-hybridized carbons (Fsp3) is 0. The minimum Gasteiger partial charge on any atom is -0.507 e. The van der Waals surface area contributed by atoms with E-state index in [1.165, 1.54) is 18.3 Å². The van der Waals surface area contributed by atoms with Gasteiger partial charge in [0, 0.05) is 40.1 Å². The molecule has 0 bridgehead atoms. The standard InChI is InChI=1S/C23H8F4N2O2/c24-18-15-10(6-7-28)16(23(31)17(15)19(25)21(27)20(18)26)13-9-3-1-5-12(30)14(9)22-11(13)4-2-8-29-22/h1-6,8,30H/b10-6+,16-13-. The molecule has 0 spiro atoms. The van der Waals surface area contributed by atoms with Gasteiger partial charge >= 0.3 is 0 Å². The summed E-state index contributed by atoms with van der Waals surface area (Å²) in [7, 11) is 0. The van der Waals surface area contributed by atoms with Gasteiger partial charge in [-0.3, -0.25) is 9.78 Å². The summed E-state index contributed by atoms with van der Waals surface area (Å²) in [4.78, 5) is 17.5. The van der Waals surface area contributed by atoms with Gasteiger partial charge < -0.3 is 5.11 Å². The van der Waals surface area contributed by atoms with Crippen LogP contribution in [0.25, 0.3) is 22.4 Å². The molecular formula is C23H8F4N2O2. The lowest BCUT2D eigenvalue weighted by Crippen LogP contribution is -2.07. The number of allylic oxidation sites excluding steroid dienone is 3. The number of pyridine rings is 1. The SMILES string of the molecule is N#C/C=C1/C(=C2/c3cccnc3-c3c(O)cccc32)C(=O)c2c(F)c(F)c(F)c(F)c21. The number of nitrogens with zero attached hydrogens (tertiary/aromatic N) is 2. The first-order chi connectivity index (χ1) is 14.9. The molecule has 4 nitrogen and oxygen atoms in total. The zero-order valence-corrected chi connectivity index (χ0v) is 15.3. The van der Waals surface area contributed by atoms with Crippen LogP contribution in [0.4, 0.5) is 17.6 Å². The van der Waals surface area contributed by atoms with Crippen molar-refractivity contribution in [3.8, 4) is 23.1 Å². The molecule has 150 valence electrons. The number of hydrogen-bond acceptors (Lipinski definition) is 4. The van der Waals surface area contributed by atoms with E-state index in [-0.39, 0.29) is 22.5 Å². The van der Waals surface area contributed by atoms with Crippen molar-refractivity contribution in [2.45, 2.75) is 0 Å². The number of phenols is 1. The van der Waals surface area contributed by atoms with E-state index >= 15 is 0 Å². The third kappa shape index (κ3) is 2.28. The summed E-state index contributed by atoms with van der Waals surface area (Å²) in [6.07, 6.45) is 2.24. The first-order valence-corrected chi connectivity index (χ1v) is 8.92. The van der Waals surface area contributed by atoms with E-state index in [0.717, 1.165) is 6.08 Å². The molecule has 5 rings (SSSR count). The van der Waals surface area contributed by atoms with Crippen molar-refractivity contribution in [3.63, 3.8) is 0 Å². The highest BCUT2D eigenvalue weighted by molar-refractivity contribution is 6.33. The van der Waals surface area contributed by atoms with Gasteiger partial charge in [0.25, 0.3) is 0 Å². The lowest BCUT2D eigenvalue weighted by molar-refractivity contribution is 0.103. The van der Waals surface area contributed by atoms with Crippen LogP contribution in [-0.2, 0) is 0 Å². The maximum atomic E-state index is 14.6.